The van der Waals surface area contributed by atoms with E-state index in [-0.39, 0.29) is 23.7 Å². The van der Waals surface area contributed by atoms with Crippen LogP contribution in [0.1, 0.15) is 41.7 Å². The van der Waals surface area contributed by atoms with E-state index in [0.29, 0.717) is 17.8 Å². The molecule has 0 aromatic heterocycles. The highest BCUT2D eigenvalue weighted by Crippen LogP contribution is 2.33. The van der Waals surface area contributed by atoms with E-state index in [2.05, 4.69) is 5.32 Å². The number of carbonyl (C=O) groups excluding carboxylic acids is 2. The van der Waals surface area contributed by atoms with Crippen molar-refractivity contribution in [1.29, 1.82) is 0 Å². The SMILES string of the molecule is CC(=O)Nc1ccc(C(=O)N2CCC[C@@H]2c2cccc(F)c2)cc1. The smallest absolute Gasteiger partial charge is 0.254 e. The first-order chi connectivity index (χ1) is 11.5. The maximum Gasteiger partial charge on any atom is 0.254 e. The summed E-state index contributed by atoms with van der Waals surface area (Å²) in [5.74, 6) is -0.512. The molecule has 4 nitrogen and oxygen atoms in total. The second-order valence-electron chi connectivity index (χ2n) is 5.97. The molecule has 24 heavy (non-hydrogen) atoms. The second kappa shape index (κ2) is 6.83. The van der Waals surface area contributed by atoms with Crippen molar-refractivity contribution < 1.29 is 14.0 Å². The Hall–Kier alpha value is -2.69. The summed E-state index contributed by atoms with van der Waals surface area (Å²) in [6.45, 7) is 2.10. The summed E-state index contributed by atoms with van der Waals surface area (Å²) >= 11 is 0. The summed E-state index contributed by atoms with van der Waals surface area (Å²) in [6.07, 6.45) is 1.73. The molecular formula is C19H19FN2O2. The molecule has 2 aromatic rings. The number of likely N-dealkylation sites (tertiary alicyclic amines) is 1. The first-order valence-corrected chi connectivity index (χ1v) is 7.98. The molecule has 1 heterocycles. The number of nitrogens with zero attached hydrogens (tertiary/aromatic N) is 1. The van der Waals surface area contributed by atoms with Crippen LogP contribution in [0.15, 0.2) is 48.5 Å². The first kappa shape index (κ1) is 16.2. The van der Waals surface area contributed by atoms with Crippen LogP contribution in [0.25, 0.3) is 0 Å². The molecule has 0 bridgehead atoms. The molecule has 2 aromatic carbocycles. The van der Waals surface area contributed by atoms with Crippen molar-refractivity contribution >= 4 is 17.5 Å². The second-order valence-corrected chi connectivity index (χ2v) is 5.97. The van der Waals surface area contributed by atoms with E-state index in [1.165, 1.54) is 19.1 Å². The van der Waals surface area contributed by atoms with Crippen molar-refractivity contribution in [3.8, 4) is 0 Å². The Morgan fingerprint density at radius 1 is 1.17 bits per heavy atom. The molecule has 124 valence electrons. The zero-order valence-corrected chi connectivity index (χ0v) is 13.5. The molecule has 1 fully saturated rings. The number of hydrogen-bond donors (Lipinski definition) is 1. The average Bonchev–Trinajstić information content (AvgIpc) is 3.04. The van der Waals surface area contributed by atoms with Crippen molar-refractivity contribution in [2.45, 2.75) is 25.8 Å². The highest BCUT2D eigenvalue weighted by atomic mass is 19.1. The van der Waals surface area contributed by atoms with E-state index < -0.39 is 0 Å². The van der Waals surface area contributed by atoms with Crippen molar-refractivity contribution in [1.82, 2.24) is 4.90 Å². The third kappa shape index (κ3) is 3.45. The predicted molar refractivity (Wildman–Crippen MR) is 90.2 cm³/mol. The quantitative estimate of drug-likeness (QED) is 0.933. The van der Waals surface area contributed by atoms with Gasteiger partial charge in [0.2, 0.25) is 5.91 Å². The average molecular weight is 326 g/mol. The third-order valence-electron chi connectivity index (χ3n) is 4.20. The molecule has 3 rings (SSSR count). The summed E-state index contributed by atoms with van der Waals surface area (Å²) in [4.78, 5) is 25.6. The lowest BCUT2D eigenvalue weighted by atomic mass is 10.0. The van der Waals surface area contributed by atoms with Crippen LogP contribution in [0.2, 0.25) is 0 Å². The van der Waals surface area contributed by atoms with Crippen molar-refractivity contribution in [3.05, 3.63) is 65.5 Å². The fourth-order valence-corrected chi connectivity index (χ4v) is 3.14. The highest BCUT2D eigenvalue weighted by Gasteiger charge is 2.30. The number of amides is 2. The Kier molecular flexibility index (Phi) is 4.60. The molecular weight excluding hydrogens is 307 g/mol. The van der Waals surface area contributed by atoms with E-state index >= 15 is 0 Å². The number of carbonyl (C=O) groups is 2. The molecule has 1 atom stereocenters. The van der Waals surface area contributed by atoms with Gasteiger partial charge >= 0.3 is 0 Å². The maximum absolute atomic E-state index is 13.5. The number of benzene rings is 2. The Morgan fingerprint density at radius 3 is 2.58 bits per heavy atom. The molecule has 1 aliphatic rings. The van der Waals surface area contributed by atoms with Gasteiger partial charge in [-0.05, 0) is 54.8 Å². The molecule has 1 saturated heterocycles. The van der Waals surface area contributed by atoms with Crippen LogP contribution >= 0.6 is 0 Å². The Bertz CT molecular complexity index is 758. The van der Waals surface area contributed by atoms with Gasteiger partial charge in [-0.3, -0.25) is 9.59 Å². The van der Waals surface area contributed by atoms with Crippen molar-refractivity contribution in [2.75, 3.05) is 11.9 Å². The minimum atomic E-state index is -0.286. The molecule has 1 aliphatic heterocycles. The zero-order chi connectivity index (χ0) is 17.1. The maximum atomic E-state index is 13.5. The van der Waals surface area contributed by atoms with Gasteiger partial charge in [-0.25, -0.2) is 4.39 Å². The van der Waals surface area contributed by atoms with Crippen LogP contribution in [0.4, 0.5) is 10.1 Å². The molecule has 0 radical (unpaired) electrons. The predicted octanol–water partition coefficient (Wildman–Crippen LogP) is 3.76. The fraction of sp³-hybridized carbons (Fsp3) is 0.263. The zero-order valence-electron chi connectivity index (χ0n) is 13.5. The lowest BCUT2D eigenvalue weighted by Crippen LogP contribution is -2.30. The van der Waals surface area contributed by atoms with E-state index in [1.54, 1.807) is 35.2 Å². The molecule has 5 heteroatoms. The number of halogens is 1. The summed E-state index contributed by atoms with van der Waals surface area (Å²) in [7, 11) is 0. The third-order valence-corrected chi connectivity index (χ3v) is 4.20. The standard InChI is InChI=1S/C19H19FN2O2/c1-13(23)21-17-9-7-14(8-10-17)19(24)22-11-3-6-18(22)15-4-2-5-16(20)12-15/h2,4-5,7-10,12,18H,3,6,11H2,1H3,(H,21,23)/t18-/m1/s1. The number of hydrogen-bond acceptors (Lipinski definition) is 2. The van der Waals surface area contributed by atoms with Crippen molar-refractivity contribution in [2.24, 2.45) is 0 Å². The summed E-state index contributed by atoms with van der Waals surface area (Å²) < 4.78 is 13.5. The first-order valence-electron chi connectivity index (χ1n) is 7.98. The van der Waals surface area contributed by atoms with Gasteiger partial charge < -0.3 is 10.2 Å². The number of nitrogens with one attached hydrogen (secondary N) is 1. The van der Waals surface area contributed by atoms with Gasteiger partial charge in [0.1, 0.15) is 5.82 Å². The minimum absolute atomic E-state index is 0.0730. The number of rotatable bonds is 3. The van der Waals surface area contributed by atoms with E-state index in [0.717, 1.165) is 18.4 Å². The van der Waals surface area contributed by atoms with E-state index in [9.17, 15) is 14.0 Å². The van der Waals surface area contributed by atoms with Crippen molar-refractivity contribution in [3.63, 3.8) is 0 Å². The number of anilines is 1. The Morgan fingerprint density at radius 2 is 1.92 bits per heavy atom. The summed E-state index contributed by atoms with van der Waals surface area (Å²) in [5.41, 5.74) is 2.05. The van der Waals surface area contributed by atoms with Crippen LogP contribution < -0.4 is 5.32 Å². The summed E-state index contributed by atoms with van der Waals surface area (Å²) in [6, 6.07) is 13.2. The lowest BCUT2D eigenvalue weighted by Gasteiger charge is -2.25. The molecule has 0 unspecified atom stereocenters. The minimum Gasteiger partial charge on any atom is -0.332 e. The van der Waals surface area contributed by atoms with Crippen LogP contribution in [0.5, 0.6) is 0 Å². The van der Waals surface area contributed by atoms with Gasteiger partial charge in [0.05, 0.1) is 6.04 Å². The van der Waals surface area contributed by atoms with Crippen LogP contribution in [0, 0.1) is 5.82 Å². The topological polar surface area (TPSA) is 49.4 Å². The highest BCUT2D eigenvalue weighted by molar-refractivity contribution is 5.96. The monoisotopic (exact) mass is 326 g/mol. The molecule has 1 N–H and O–H groups in total. The van der Waals surface area contributed by atoms with E-state index in [1.807, 2.05) is 6.07 Å². The van der Waals surface area contributed by atoms with E-state index in [4.69, 9.17) is 0 Å². The summed E-state index contributed by atoms with van der Waals surface area (Å²) in [5, 5.41) is 2.68. The van der Waals surface area contributed by atoms with Crippen LogP contribution in [-0.2, 0) is 4.79 Å². The molecule has 2 amide bonds. The van der Waals surface area contributed by atoms with Gasteiger partial charge in [-0.1, -0.05) is 12.1 Å². The lowest BCUT2D eigenvalue weighted by molar-refractivity contribution is -0.114. The van der Waals surface area contributed by atoms with Gasteiger partial charge in [0, 0.05) is 24.7 Å². The van der Waals surface area contributed by atoms with Gasteiger partial charge in [-0.2, -0.15) is 0 Å². The largest absolute Gasteiger partial charge is 0.332 e. The van der Waals surface area contributed by atoms with Gasteiger partial charge in [0.15, 0.2) is 0 Å². The molecule has 0 saturated carbocycles. The Labute approximate surface area is 140 Å². The Balaban J connectivity index is 1.79. The molecule has 0 aliphatic carbocycles. The fourth-order valence-electron chi connectivity index (χ4n) is 3.14. The normalized spacial score (nSPS) is 16.9. The molecule has 0 spiro atoms. The van der Waals surface area contributed by atoms with Gasteiger partial charge in [0.25, 0.3) is 5.91 Å². The van der Waals surface area contributed by atoms with Crippen LogP contribution in [0.3, 0.4) is 0 Å². The van der Waals surface area contributed by atoms with Gasteiger partial charge in [-0.15, -0.1) is 0 Å². The van der Waals surface area contributed by atoms with Crippen LogP contribution in [-0.4, -0.2) is 23.3 Å².